The van der Waals surface area contributed by atoms with E-state index in [0.29, 0.717) is 42.8 Å². The van der Waals surface area contributed by atoms with Gasteiger partial charge in [-0.2, -0.15) is 13.2 Å². The molecule has 1 fully saturated rings. The number of hydrogen-bond acceptors (Lipinski definition) is 6. The summed E-state index contributed by atoms with van der Waals surface area (Å²) in [6, 6.07) is 8.16. The first-order valence-electron chi connectivity index (χ1n) is 10.6. The van der Waals surface area contributed by atoms with Crippen molar-refractivity contribution in [2.24, 2.45) is 0 Å². The molecular weight excluding hydrogens is 509 g/mol. The smallest absolute Gasteiger partial charge is 0.382 e. The molecular formula is C22H20ClF3N4O4S. The van der Waals surface area contributed by atoms with E-state index < -0.39 is 43.3 Å². The second-order valence-electron chi connectivity index (χ2n) is 8.27. The molecule has 3 aromatic rings. The van der Waals surface area contributed by atoms with E-state index in [2.05, 4.69) is 15.0 Å². The summed E-state index contributed by atoms with van der Waals surface area (Å²) in [6.45, 7) is 0. The number of benzene rings is 2. The molecule has 0 atom stereocenters. The van der Waals surface area contributed by atoms with Crippen LogP contribution in [-0.4, -0.2) is 30.4 Å². The molecule has 0 saturated heterocycles. The normalized spacial score (nSPS) is 19.0. The third kappa shape index (κ3) is 5.65. The van der Waals surface area contributed by atoms with E-state index in [0.717, 1.165) is 16.6 Å². The van der Waals surface area contributed by atoms with Gasteiger partial charge in [0.05, 0.1) is 16.0 Å². The zero-order valence-electron chi connectivity index (χ0n) is 18.0. The van der Waals surface area contributed by atoms with Gasteiger partial charge >= 0.3 is 6.18 Å². The van der Waals surface area contributed by atoms with E-state index >= 15 is 0 Å². The van der Waals surface area contributed by atoms with Crippen LogP contribution in [0.2, 0.25) is 5.02 Å². The van der Waals surface area contributed by atoms with Gasteiger partial charge in [-0.15, -0.1) is 0 Å². The first-order valence-corrected chi connectivity index (χ1v) is 12.5. The maximum atomic E-state index is 12.9. The quantitative estimate of drug-likeness (QED) is 0.322. The molecule has 0 radical (unpaired) electrons. The van der Waals surface area contributed by atoms with Crippen LogP contribution in [-0.2, 0) is 16.2 Å². The van der Waals surface area contributed by atoms with Gasteiger partial charge in [-0.25, -0.2) is 13.1 Å². The fourth-order valence-corrected chi connectivity index (χ4v) is 5.79. The molecule has 35 heavy (non-hydrogen) atoms. The molecule has 2 aromatic carbocycles. The van der Waals surface area contributed by atoms with Crippen molar-refractivity contribution in [3.05, 3.63) is 69.4 Å². The highest BCUT2D eigenvalue weighted by Crippen LogP contribution is 2.35. The number of aromatic nitrogens is 1. The molecule has 1 heterocycles. The minimum Gasteiger partial charge on any atom is -0.382 e. The highest BCUT2D eigenvalue weighted by Gasteiger charge is 2.36. The lowest BCUT2D eigenvalue weighted by atomic mass is 9.91. The van der Waals surface area contributed by atoms with Gasteiger partial charge in [-0.3, -0.25) is 15.1 Å². The summed E-state index contributed by atoms with van der Waals surface area (Å²) in [6.07, 6.45) is -1.06. The molecule has 1 aliphatic carbocycles. The molecule has 1 aliphatic rings. The molecule has 0 amide bonds. The van der Waals surface area contributed by atoms with Crippen LogP contribution in [0.5, 0.6) is 0 Å². The Hall–Kier alpha value is -2.96. The molecule has 1 saturated carbocycles. The van der Waals surface area contributed by atoms with Crippen molar-refractivity contribution >= 4 is 43.9 Å². The first-order chi connectivity index (χ1) is 16.4. The summed E-state index contributed by atoms with van der Waals surface area (Å²) in [4.78, 5) is 13.7. The van der Waals surface area contributed by atoms with E-state index in [-0.39, 0.29) is 12.1 Å². The number of sulfonamides is 1. The van der Waals surface area contributed by atoms with E-state index in [9.17, 15) is 31.7 Å². The molecule has 2 N–H and O–H groups in total. The van der Waals surface area contributed by atoms with Crippen molar-refractivity contribution < 1.29 is 26.5 Å². The van der Waals surface area contributed by atoms with Crippen molar-refractivity contribution in [1.29, 1.82) is 0 Å². The number of alkyl halides is 3. The third-order valence-corrected chi connectivity index (χ3v) is 7.69. The van der Waals surface area contributed by atoms with Crippen molar-refractivity contribution in [2.45, 2.75) is 48.8 Å². The number of halogens is 4. The Morgan fingerprint density at radius 2 is 1.71 bits per heavy atom. The van der Waals surface area contributed by atoms with E-state index in [1.807, 2.05) is 12.1 Å². The summed E-state index contributed by atoms with van der Waals surface area (Å²) in [5.41, 5.74) is -0.800. The predicted octanol–water partition coefficient (Wildman–Crippen LogP) is 5.52. The molecule has 0 bridgehead atoms. The van der Waals surface area contributed by atoms with Gasteiger partial charge in [0.25, 0.3) is 5.69 Å². The number of nitrogens with one attached hydrogen (secondary N) is 2. The Morgan fingerprint density at radius 1 is 1.03 bits per heavy atom. The monoisotopic (exact) mass is 528 g/mol. The van der Waals surface area contributed by atoms with Gasteiger partial charge in [-0.1, -0.05) is 11.6 Å². The maximum Gasteiger partial charge on any atom is 0.416 e. The third-order valence-electron chi connectivity index (χ3n) is 5.89. The molecule has 186 valence electrons. The minimum atomic E-state index is -4.84. The number of nitro groups is 1. The maximum absolute atomic E-state index is 12.9. The van der Waals surface area contributed by atoms with Crippen LogP contribution in [0.15, 0.2) is 53.6 Å². The van der Waals surface area contributed by atoms with Crippen LogP contribution in [0.25, 0.3) is 10.9 Å². The zero-order chi connectivity index (χ0) is 25.4. The second kappa shape index (κ2) is 9.59. The molecule has 0 aliphatic heterocycles. The SMILES string of the molecule is O=[N+]([O-])c1cc(C(F)(F)F)ccc1S(=O)(=O)N[C@H]1CC[C@@H](Nc2ccnc3cc(Cl)ccc23)CC1. The van der Waals surface area contributed by atoms with Crippen molar-refractivity contribution in [3.63, 3.8) is 0 Å². The van der Waals surface area contributed by atoms with Crippen LogP contribution >= 0.6 is 11.6 Å². The molecule has 0 unspecified atom stereocenters. The topological polar surface area (TPSA) is 114 Å². The summed E-state index contributed by atoms with van der Waals surface area (Å²) in [5.74, 6) is 0. The molecule has 8 nitrogen and oxygen atoms in total. The lowest BCUT2D eigenvalue weighted by Crippen LogP contribution is -2.40. The Morgan fingerprint density at radius 3 is 2.37 bits per heavy atom. The van der Waals surface area contributed by atoms with E-state index in [1.165, 1.54) is 0 Å². The van der Waals surface area contributed by atoms with Crippen LogP contribution in [0.3, 0.4) is 0 Å². The van der Waals surface area contributed by atoms with Gasteiger partial charge in [0.2, 0.25) is 10.0 Å². The lowest BCUT2D eigenvalue weighted by molar-refractivity contribution is -0.388. The average molecular weight is 529 g/mol. The standard InChI is InChI=1S/C22H20ClF3N4O4S/c23-14-2-7-17-18(9-10-27-19(17)12-14)28-15-3-5-16(6-4-15)29-35(33,34)21-8-1-13(22(24,25)26)11-20(21)30(31)32/h1-2,7-12,15-16,29H,3-6H2,(H,27,28)/t15-,16+. The fraction of sp³-hybridized carbons (Fsp3) is 0.318. The number of nitro benzene ring substituents is 1. The van der Waals surface area contributed by atoms with Gasteiger partial charge in [0.15, 0.2) is 4.90 Å². The van der Waals surface area contributed by atoms with Crippen molar-refractivity contribution in [3.8, 4) is 0 Å². The summed E-state index contributed by atoms with van der Waals surface area (Å²) in [5, 5.41) is 16.2. The van der Waals surface area contributed by atoms with E-state index in [4.69, 9.17) is 11.6 Å². The Balaban J connectivity index is 1.44. The van der Waals surface area contributed by atoms with Gasteiger partial charge in [-0.05, 0) is 62.1 Å². The number of fused-ring (bicyclic) bond motifs is 1. The highest BCUT2D eigenvalue weighted by molar-refractivity contribution is 7.89. The number of pyridine rings is 1. The lowest BCUT2D eigenvalue weighted by Gasteiger charge is -2.30. The number of hydrogen-bond donors (Lipinski definition) is 2. The Bertz CT molecular complexity index is 1380. The van der Waals surface area contributed by atoms with Gasteiger partial charge < -0.3 is 5.32 Å². The molecule has 4 rings (SSSR count). The molecule has 13 heteroatoms. The van der Waals surface area contributed by atoms with Crippen LogP contribution < -0.4 is 10.0 Å². The first kappa shape index (κ1) is 25.1. The number of rotatable bonds is 6. The van der Waals surface area contributed by atoms with Gasteiger partial charge in [0.1, 0.15) is 0 Å². The molecule has 0 spiro atoms. The molecule has 1 aromatic heterocycles. The minimum absolute atomic E-state index is 0.0532. The van der Waals surface area contributed by atoms with Crippen LogP contribution in [0.4, 0.5) is 24.5 Å². The van der Waals surface area contributed by atoms with Gasteiger partial charge in [0, 0.05) is 40.4 Å². The summed E-state index contributed by atoms with van der Waals surface area (Å²) >= 11 is 6.03. The van der Waals surface area contributed by atoms with Crippen molar-refractivity contribution in [1.82, 2.24) is 9.71 Å². The number of nitrogens with zero attached hydrogens (tertiary/aromatic N) is 2. The fourth-order valence-electron chi connectivity index (χ4n) is 4.17. The van der Waals surface area contributed by atoms with Crippen LogP contribution in [0, 0.1) is 10.1 Å². The summed E-state index contributed by atoms with van der Waals surface area (Å²) < 4.78 is 66.8. The van der Waals surface area contributed by atoms with E-state index in [1.54, 1.807) is 18.3 Å². The largest absolute Gasteiger partial charge is 0.416 e. The highest BCUT2D eigenvalue weighted by atomic mass is 35.5. The Kier molecular flexibility index (Phi) is 6.89. The van der Waals surface area contributed by atoms with Crippen LogP contribution in [0.1, 0.15) is 31.2 Å². The average Bonchev–Trinajstić information content (AvgIpc) is 2.79. The Labute approximate surface area is 203 Å². The second-order valence-corrected chi connectivity index (χ2v) is 10.4. The zero-order valence-corrected chi connectivity index (χ0v) is 19.6. The predicted molar refractivity (Wildman–Crippen MR) is 125 cm³/mol. The summed E-state index contributed by atoms with van der Waals surface area (Å²) in [7, 11) is -4.41. The van der Waals surface area contributed by atoms with Crippen molar-refractivity contribution in [2.75, 3.05) is 5.32 Å². The number of anilines is 1.